The van der Waals surface area contributed by atoms with Gasteiger partial charge in [-0.05, 0) is 18.9 Å². The summed E-state index contributed by atoms with van der Waals surface area (Å²) < 4.78 is 0. The number of nitriles is 1. The molecule has 5 heteroatoms. The van der Waals surface area contributed by atoms with E-state index in [0.29, 0.717) is 18.2 Å². The molecule has 1 aromatic heterocycles. The molecule has 88 valence electrons. The molecule has 0 unspecified atom stereocenters. The Morgan fingerprint density at radius 1 is 1.65 bits per heavy atom. The molecule has 0 atom stereocenters. The van der Waals surface area contributed by atoms with Crippen LogP contribution in [0.4, 0.5) is 5.69 Å². The highest BCUT2D eigenvalue weighted by atomic mass is 16.4. The number of nitrogens with zero attached hydrogens (tertiary/aromatic N) is 3. The van der Waals surface area contributed by atoms with Crippen LogP contribution in [0.25, 0.3) is 0 Å². The van der Waals surface area contributed by atoms with Gasteiger partial charge in [-0.25, -0.2) is 0 Å². The van der Waals surface area contributed by atoms with Crippen molar-refractivity contribution in [3.63, 3.8) is 0 Å². The lowest BCUT2D eigenvalue weighted by atomic mass is 10.2. The maximum atomic E-state index is 10.6. The van der Waals surface area contributed by atoms with Crippen molar-refractivity contribution in [3.05, 3.63) is 24.0 Å². The summed E-state index contributed by atoms with van der Waals surface area (Å²) in [5.74, 6) is -0.821. The first-order valence-electron chi connectivity index (χ1n) is 5.55. The largest absolute Gasteiger partial charge is 0.481 e. The number of aliphatic carboxylic acids is 1. The summed E-state index contributed by atoms with van der Waals surface area (Å²) in [5, 5.41) is 17.8. The van der Waals surface area contributed by atoms with Crippen LogP contribution in [0.3, 0.4) is 0 Å². The summed E-state index contributed by atoms with van der Waals surface area (Å²) in [7, 11) is 0. The monoisotopic (exact) mass is 231 g/mol. The van der Waals surface area contributed by atoms with Gasteiger partial charge in [0.2, 0.25) is 0 Å². The Labute approximate surface area is 99.3 Å². The van der Waals surface area contributed by atoms with Crippen LogP contribution in [0.1, 0.15) is 24.8 Å². The van der Waals surface area contributed by atoms with Crippen molar-refractivity contribution in [3.8, 4) is 6.07 Å². The van der Waals surface area contributed by atoms with Gasteiger partial charge in [0.1, 0.15) is 6.07 Å². The minimum Gasteiger partial charge on any atom is -0.481 e. The molecule has 1 saturated carbocycles. The molecule has 5 nitrogen and oxygen atoms in total. The van der Waals surface area contributed by atoms with Gasteiger partial charge in [-0.15, -0.1) is 0 Å². The first kappa shape index (κ1) is 11.4. The topological polar surface area (TPSA) is 77.2 Å². The van der Waals surface area contributed by atoms with Crippen LogP contribution in [0.2, 0.25) is 0 Å². The summed E-state index contributed by atoms with van der Waals surface area (Å²) in [6.45, 7) is 0.431. The molecule has 0 amide bonds. The van der Waals surface area contributed by atoms with Crippen LogP contribution in [-0.2, 0) is 4.79 Å². The highest BCUT2D eigenvalue weighted by molar-refractivity contribution is 5.68. The number of carbonyl (C=O) groups is 1. The van der Waals surface area contributed by atoms with Gasteiger partial charge in [0, 0.05) is 18.8 Å². The molecule has 1 N–H and O–H groups in total. The summed E-state index contributed by atoms with van der Waals surface area (Å²) in [6.07, 6.45) is 5.40. The van der Waals surface area contributed by atoms with E-state index in [1.807, 2.05) is 4.90 Å². The van der Waals surface area contributed by atoms with Crippen LogP contribution in [0.15, 0.2) is 18.5 Å². The first-order chi connectivity index (χ1) is 8.22. The summed E-state index contributed by atoms with van der Waals surface area (Å²) in [4.78, 5) is 16.6. The molecule has 17 heavy (non-hydrogen) atoms. The second-order valence-corrected chi connectivity index (χ2v) is 4.07. The van der Waals surface area contributed by atoms with Gasteiger partial charge in [0.25, 0.3) is 0 Å². The molecular formula is C12H13N3O2. The fourth-order valence-corrected chi connectivity index (χ4v) is 1.81. The normalized spacial score (nSPS) is 14.1. The SMILES string of the molecule is N#Cc1ccncc1N(CCC(=O)O)C1CC1. The Kier molecular flexibility index (Phi) is 3.24. The standard InChI is InChI=1S/C12H13N3O2/c13-7-9-3-5-14-8-11(9)15(10-1-2-10)6-4-12(16)17/h3,5,8,10H,1-2,4,6H2,(H,16,17). The fourth-order valence-electron chi connectivity index (χ4n) is 1.81. The van der Waals surface area contributed by atoms with E-state index in [-0.39, 0.29) is 6.42 Å². The molecule has 0 spiro atoms. The van der Waals surface area contributed by atoms with Crippen molar-refractivity contribution >= 4 is 11.7 Å². The zero-order valence-electron chi connectivity index (χ0n) is 9.33. The van der Waals surface area contributed by atoms with Gasteiger partial charge in [-0.1, -0.05) is 0 Å². The maximum Gasteiger partial charge on any atom is 0.305 e. The third-order valence-corrected chi connectivity index (χ3v) is 2.78. The average Bonchev–Trinajstić information content (AvgIpc) is 3.14. The van der Waals surface area contributed by atoms with E-state index < -0.39 is 5.97 Å². The van der Waals surface area contributed by atoms with E-state index in [0.717, 1.165) is 18.5 Å². The van der Waals surface area contributed by atoms with E-state index in [2.05, 4.69) is 11.1 Å². The molecule has 1 aliphatic rings. The van der Waals surface area contributed by atoms with E-state index >= 15 is 0 Å². The maximum absolute atomic E-state index is 10.6. The zero-order valence-corrected chi connectivity index (χ0v) is 9.33. The number of anilines is 1. The van der Waals surface area contributed by atoms with Crippen molar-refractivity contribution < 1.29 is 9.90 Å². The van der Waals surface area contributed by atoms with E-state index in [4.69, 9.17) is 10.4 Å². The number of aromatic nitrogens is 1. The predicted molar refractivity (Wildman–Crippen MR) is 61.6 cm³/mol. The summed E-state index contributed by atoms with van der Waals surface area (Å²) in [6, 6.07) is 4.14. The van der Waals surface area contributed by atoms with Crippen molar-refractivity contribution in [1.82, 2.24) is 4.98 Å². The Bertz CT molecular complexity index is 463. The molecule has 0 saturated heterocycles. The molecule has 0 aliphatic heterocycles. The van der Waals surface area contributed by atoms with Gasteiger partial charge in [0.05, 0.1) is 23.9 Å². The van der Waals surface area contributed by atoms with Crippen LogP contribution in [0, 0.1) is 11.3 Å². The quantitative estimate of drug-likeness (QED) is 0.828. The number of pyridine rings is 1. The van der Waals surface area contributed by atoms with Crippen molar-refractivity contribution in [1.29, 1.82) is 5.26 Å². The minimum absolute atomic E-state index is 0.0796. The van der Waals surface area contributed by atoms with Crippen molar-refractivity contribution in [2.75, 3.05) is 11.4 Å². The minimum atomic E-state index is -0.821. The highest BCUT2D eigenvalue weighted by Crippen LogP contribution is 2.32. The third kappa shape index (κ3) is 2.72. The smallest absolute Gasteiger partial charge is 0.305 e. The molecule has 1 fully saturated rings. The molecule has 0 bridgehead atoms. The van der Waals surface area contributed by atoms with Crippen molar-refractivity contribution in [2.45, 2.75) is 25.3 Å². The van der Waals surface area contributed by atoms with E-state index in [1.54, 1.807) is 18.5 Å². The molecule has 2 rings (SSSR count). The second kappa shape index (κ2) is 4.83. The second-order valence-electron chi connectivity index (χ2n) is 4.07. The molecule has 0 aromatic carbocycles. The highest BCUT2D eigenvalue weighted by Gasteiger charge is 2.30. The predicted octanol–water partition coefficient (Wildman–Crippen LogP) is 1.40. The summed E-state index contributed by atoms with van der Waals surface area (Å²) in [5.41, 5.74) is 1.30. The lowest BCUT2D eigenvalue weighted by Crippen LogP contribution is -2.29. The van der Waals surface area contributed by atoms with Crippen LogP contribution >= 0.6 is 0 Å². The number of hydrogen-bond acceptors (Lipinski definition) is 4. The van der Waals surface area contributed by atoms with Gasteiger partial charge >= 0.3 is 5.97 Å². The van der Waals surface area contributed by atoms with Gasteiger partial charge in [0.15, 0.2) is 0 Å². The lowest BCUT2D eigenvalue weighted by molar-refractivity contribution is -0.136. The molecule has 1 aromatic rings. The molecule has 1 aliphatic carbocycles. The van der Waals surface area contributed by atoms with Gasteiger partial charge in [-0.3, -0.25) is 9.78 Å². The first-order valence-corrected chi connectivity index (χ1v) is 5.55. The molecular weight excluding hydrogens is 218 g/mol. The third-order valence-electron chi connectivity index (χ3n) is 2.78. The molecule has 1 heterocycles. The number of rotatable bonds is 5. The Morgan fingerprint density at radius 2 is 2.41 bits per heavy atom. The number of carboxylic acids is 1. The van der Waals surface area contributed by atoms with Gasteiger partial charge in [-0.2, -0.15) is 5.26 Å². The number of carboxylic acid groups (broad SMARTS) is 1. The summed E-state index contributed by atoms with van der Waals surface area (Å²) >= 11 is 0. The molecule has 0 radical (unpaired) electrons. The Morgan fingerprint density at radius 3 is 3.00 bits per heavy atom. The van der Waals surface area contributed by atoms with Gasteiger partial charge < -0.3 is 10.0 Å². The Balaban J connectivity index is 2.20. The lowest BCUT2D eigenvalue weighted by Gasteiger charge is -2.24. The van der Waals surface area contributed by atoms with Crippen LogP contribution in [0.5, 0.6) is 0 Å². The zero-order chi connectivity index (χ0) is 12.3. The fraction of sp³-hybridized carbons (Fsp3) is 0.417. The Hall–Kier alpha value is -2.09. The van der Waals surface area contributed by atoms with Crippen LogP contribution < -0.4 is 4.90 Å². The van der Waals surface area contributed by atoms with Crippen molar-refractivity contribution in [2.24, 2.45) is 0 Å². The number of hydrogen-bond donors (Lipinski definition) is 1. The average molecular weight is 231 g/mol. The van der Waals surface area contributed by atoms with E-state index in [9.17, 15) is 4.79 Å². The van der Waals surface area contributed by atoms with Crippen LogP contribution in [-0.4, -0.2) is 28.6 Å². The van der Waals surface area contributed by atoms with E-state index in [1.165, 1.54) is 0 Å².